The van der Waals surface area contributed by atoms with E-state index in [4.69, 9.17) is 0 Å². The smallest absolute Gasteiger partial charge is 0.272 e. The lowest BCUT2D eigenvalue weighted by Gasteiger charge is -2.13. The fourth-order valence-corrected chi connectivity index (χ4v) is 3.86. The highest BCUT2D eigenvalue weighted by Gasteiger charge is 2.16. The standard InChI is InChI=1S/C23H18FN5O3S/c1-14-10-11-25-19(12-14)29-22(32)16-7-3-5-9-18(16)26-23(29)33-13-20(30)27-28-21(31)15-6-2-4-8-17(15)24/h2-12H,13H2,1H3,(H,27,30)(H,28,31). The molecule has 166 valence electrons. The van der Waals surface area contributed by atoms with Crippen molar-refractivity contribution in [3.8, 4) is 5.82 Å². The van der Waals surface area contributed by atoms with Crippen LogP contribution < -0.4 is 16.4 Å². The van der Waals surface area contributed by atoms with Crippen LogP contribution in [0.3, 0.4) is 0 Å². The number of carbonyl (C=O) groups is 2. The summed E-state index contributed by atoms with van der Waals surface area (Å²) in [6, 6.07) is 15.9. The molecule has 2 aromatic carbocycles. The van der Waals surface area contributed by atoms with Gasteiger partial charge in [0.15, 0.2) is 5.16 Å². The van der Waals surface area contributed by atoms with Crippen molar-refractivity contribution in [1.29, 1.82) is 0 Å². The highest BCUT2D eigenvalue weighted by molar-refractivity contribution is 7.99. The van der Waals surface area contributed by atoms with Crippen LogP contribution in [0.5, 0.6) is 0 Å². The molecule has 10 heteroatoms. The molecule has 0 spiro atoms. The highest BCUT2D eigenvalue weighted by atomic mass is 32.2. The van der Waals surface area contributed by atoms with Gasteiger partial charge in [0.1, 0.15) is 11.6 Å². The minimum Gasteiger partial charge on any atom is -0.272 e. The van der Waals surface area contributed by atoms with Crippen LogP contribution in [0.15, 0.2) is 76.8 Å². The Kier molecular flexibility index (Phi) is 6.45. The lowest BCUT2D eigenvalue weighted by Crippen LogP contribution is -2.42. The normalized spacial score (nSPS) is 10.7. The van der Waals surface area contributed by atoms with Gasteiger partial charge in [0.25, 0.3) is 11.5 Å². The van der Waals surface area contributed by atoms with Crippen molar-refractivity contribution < 1.29 is 14.0 Å². The van der Waals surface area contributed by atoms with E-state index in [0.717, 1.165) is 23.4 Å². The number of hydrazine groups is 1. The monoisotopic (exact) mass is 463 g/mol. The first-order valence-corrected chi connectivity index (χ1v) is 10.8. The van der Waals surface area contributed by atoms with Gasteiger partial charge in [0.05, 0.1) is 22.2 Å². The van der Waals surface area contributed by atoms with Crippen LogP contribution in [-0.2, 0) is 4.79 Å². The third kappa shape index (κ3) is 4.90. The van der Waals surface area contributed by atoms with Crippen LogP contribution in [0, 0.1) is 12.7 Å². The highest BCUT2D eigenvalue weighted by Crippen LogP contribution is 2.20. The zero-order valence-corrected chi connectivity index (χ0v) is 18.2. The van der Waals surface area contributed by atoms with Gasteiger partial charge in [-0.25, -0.2) is 18.9 Å². The van der Waals surface area contributed by atoms with E-state index in [-0.39, 0.29) is 22.0 Å². The molecule has 4 aromatic rings. The van der Waals surface area contributed by atoms with Crippen LogP contribution in [0.1, 0.15) is 15.9 Å². The number of fused-ring (bicyclic) bond motifs is 1. The molecule has 0 aliphatic carbocycles. The van der Waals surface area contributed by atoms with Gasteiger partial charge in [-0.2, -0.15) is 0 Å². The number of para-hydroxylation sites is 1. The number of rotatable bonds is 5. The first-order chi connectivity index (χ1) is 15.9. The Morgan fingerprint density at radius 3 is 2.61 bits per heavy atom. The average Bonchev–Trinajstić information content (AvgIpc) is 2.81. The Hall–Kier alpha value is -4.05. The summed E-state index contributed by atoms with van der Waals surface area (Å²) in [5.41, 5.74) is 5.31. The zero-order valence-electron chi connectivity index (χ0n) is 17.4. The van der Waals surface area contributed by atoms with Crippen LogP contribution in [-0.4, -0.2) is 32.1 Å². The molecule has 0 radical (unpaired) electrons. The van der Waals surface area contributed by atoms with Crippen molar-refractivity contribution in [2.45, 2.75) is 12.1 Å². The van der Waals surface area contributed by atoms with E-state index in [9.17, 15) is 18.8 Å². The topological polar surface area (TPSA) is 106 Å². The van der Waals surface area contributed by atoms with Gasteiger partial charge in [0, 0.05) is 6.20 Å². The van der Waals surface area contributed by atoms with Crippen molar-refractivity contribution in [1.82, 2.24) is 25.4 Å². The number of hydrogen-bond donors (Lipinski definition) is 2. The number of nitrogens with one attached hydrogen (secondary N) is 2. The van der Waals surface area contributed by atoms with Crippen molar-refractivity contribution in [2.75, 3.05) is 5.75 Å². The number of pyridine rings is 1. The number of thioether (sulfide) groups is 1. The summed E-state index contributed by atoms with van der Waals surface area (Å²) in [4.78, 5) is 46.4. The van der Waals surface area contributed by atoms with E-state index in [1.807, 2.05) is 13.0 Å². The molecule has 0 saturated heterocycles. The summed E-state index contributed by atoms with van der Waals surface area (Å²) >= 11 is 1.01. The van der Waals surface area contributed by atoms with Crippen molar-refractivity contribution in [3.05, 3.63) is 94.2 Å². The first kappa shape index (κ1) is 22.2. The van der Waals surface area contributed by atoms with Gasteiger partial charge in [-0.05, 0) is 48.9 Å². The molecule has 0 aliphatic heterocycles. The van der Waals surface area contributed by atoms with Gasteiger partial charge < -0.3 is 0 Å². The summed E-state index contributed by atoms with van der Waals surface area (Å²) in [5.74, 6) is -1.82. The molecule has 0 bridgehead atoms. The molecule has 2 N–H and O–H groups in total. The number of nitrogens with zero attached hydrogens (tertiary/aromatic N) is 3. The molecule has 0 atom stereocenters. The van der Waals surface area contributed by atoms with Crippen molar-refractivity contribution in [3.63, 3.8) is 0 Å². The molecule has 4 rings (SSSR count). The third-order valence-electron chi connectivity index (χ3n) is 4.64. The molecule has 2 heterocycles. The predicted molar refractivity (Wildman–Crippen MR) is 123 cm³/mol. The maximum Gasteiger partial charge on any atom is 0.272 e. The second kappa shape index (κ2) is 9.61. The number of carbonyl (C=O) groups excluding carboxylic acids is 2. The molecule has 0 unspecified atom stereocenters. The SMILES string of the molecule is Cc1ccnc(-n2c(SCC(=O)NNC(=O)c3ccccc3F)nc3ccccc3c2=O)c1. The summed E-state index contributed by atoms with van der Waals surface area (Å²) in [5, 5.41) is 0.694. The second-order valence-corrected chi connectivity index (χ2v) is 7.96. The fraction of sp³-hybridized carbons (Fsp3) is 0.0870. The van der Waals surface area contributed by atoms with Gasteiger partial charge in [-0.3, -0.25) is 25.2 Å². The van der Waals surface area contributed by atoms with Crippen LogP contribution in [0.4, 0.5) is 4.39 Å². The summed E-state index contributed by atoms with van der Waals surface area (Å²) in [7, 11) is 0. The molecule has 0 fully saturated rings. The summed E-state index contributed by atoms with van der Waals surface area (Å²) in [6.07, 6.45) is 1.59. The number of halogens is 1. The van der Waals surface area contributed by atoms with E-state index < -0.39 is 17.6 Å². The van der Waals surface area contributed by atoms with Gasteiger partial charge in [-0.15, -0.1) is 0 Å². The Bertz CT molecular complexity index is 1420. The maximum atomic E-state index is 13.7. The van der Waals surface area contributed by atoms with Gasteiger partial charge >= 0.3 is 0 Å². The summed E-state index contributed by atoms with van der Waals surface area (Å²) < 4.78 is 15.1. The average molecular weight is 463 g/mol. The number of amides is 2. The van der Waals surface area contributed by atoms with Crippen molar-refractivity contribution in [2.24, 2.45) is 0 Å². The quantitative estimate of drug-likeness (QED) is 0.268. The Labute approximate surface area is 191 Å². The van der Waals surface area contributed by atoms with Crippen LogP contribution in [0.25, 0.3) is 16.7 Å². The Morgan fingerprint density at radius 1 is 1.06 bits per heavy atom. The third-order valence-corrected chi connectivity index (χ3v) is 5.58. The van der Waals surface area contributed by atoms with Gasteiger partial charge in [-0.1, -0.05) is 36.0 Å². The number of benzene rings is 2. The lowest BCUT2D eigenvalue weighted by atomic mass is 10.2. The lowest BCUT2D eigenvalue weighted by molar-refractivity contribution is -0.119. The minimum atomic E-state index is -0.781. The molecule has 33 heavy (non-hydrogen) atoms. The molecule has 2 amide bonds. The largest absolute Gasteiger partial charge is 0.272 e. The maximum absolute atomic E-state index is 13.7. The van der Waals surface area contributed by atoms with E-state index in [0.29, 0.717) is 16.7 Å². The molecular weight excluding hydrogens is 445 g/mol. The molecule has 8 nitrogen and oxygen atoms in total. The molecule has 0 saturated carbocycles. The number of aromatic nitrogens is 3. The fourth-order valence-electron chi connectivity index (χ4n) is 3.06. The second-order valence-electron chi connectivity index (χ2n) is 7.01. The van der Waals surface area contributed by atoms with E-state index in [2.05, 4.69) is 20.8 Å². The Balaban J connectivity index is 1.55. The summed E-state index contributed by atoms with van der Waals surface area (Å²) in [6.45, 7) is 1.88. The molecule has 2 aromatic heterocycles. The first-order valence-electron chi connectivity index (χ1n) is 9.85. The predicted octanol–water partition coefficient (Wildman–Crippen LogP) is 2.78. The molecular formula is C23H18FN5O3S. The van der Waals surface area contributed by atoms with Crippen LogP contribution in [0.2, 0.25) is 0 Å². The number of hydrogen-bond acceptors (Lipinski definition) is 6. The Morgan fingerprint density at radius 2 is 1.82 bits per heavy atom. The number of aryl methyl sites for hydroxylation is 1. The minimum absolute atomic E-state index is 0.159. The van der Waals surface area contributed by atoms with Crippen molar-refractivity contribution >= 4 is 34.5 Å². The zero-order chi connectivity index (χ0) is 23.4. The van der Waals surface area contributed by atoms with E-state index in [1.165, 1.54) is 22.8 Å². The molecule has 0 aliphatic rings. The van der Waals surface area contributed by atoms with E-state index in [1.54, 1.807) is 36.5 Å². The van der Waals surface area contributed by atoms with E-state index >= 15 is 0 Å². The van der Waals surface area contributed by atoms with Crippen LogP contribution >= 0.6 is 11.8 Å². The van der Waals surface area contributed by atoms with Gasteiger partial charge in [0.2, 0.25) is 5.91 Å².